The van der Waals surface area contributed by atoms with Gasteiger partial charge in [-0.25, -0.2) is 0 Å². The Hall–Kier alpha value is -1.65. The molecule has 2 aliphatic rings. The van der Waals surface area contributed by atoms with Crippen LogP contribution in [0.1, 0.15) is 78.5 Å². The maximum atomic E-state index is 6.20. The van der Waals surface area contributed by atoms with Gasteiger partial charge < -0.3 is 9.31 Å². The first-order chi connectivity index (χ1) is 13.2. The predicted octanol–water partition coefficient (Wildman–Crippen LogP) is 5.32. The number of hydrogen-bond donors (Lipinski definition) is 0. The van der Waals surface area contributed by atoms with Gasteiger partial charge in [0.15, 0.2) is 0 Å². The average molecular weight is 391 g/mol. The second kappa shape index (κ2) is 6.18. The lowest BCUT2D eigenvalue weighted by Crippen LogP contribution is -2.41. The number of aromatic nitrogens is 1. The molecule has 154 valence electrons. The smallest absolute Gasteiger partial charge is 0.399 e. The van der Waals surface area contributed by atoms with E-state index in [1.807, 2.05) is 6.20 Å². The molecule has 4 rings (SSSR count). The lowest BCUT2D eigenvalue weighted by atomic mass is 9.79. The van der Waals surface area contributed by atoms with Crippen LogP contribution in [-0.2, 0) is 20.1 Å². The van der Waals surface area contributed by atoms with Crippen LogP contribution in [0.15, 0.2) is 30.5 Å². The molecule has 0 saturated carbocycles. The van der Waals surface area contributed by atoms with Crippen LogP contribution >= 0.6 is 0 Å². The molecule has 1 aromatic carbocycles. The number of aryl methyl sites for hydroxylation is 1. The highest BCUT2D eigenvalue weighted by Crippen LogP contribution is 2.50. The Morgan fingerprint density at radius 2 is 1.41 bits per heavy atom. The van der Waals surface area contributed by atoms with Crippen LogP contribution in [0.4, 0.5) is 0 Å². The van der Waals surface area contributed by atoms with Gasteiger partial charge in [-0.15, -0.1) is 0 Å². The highest BCUT2D eigenvalue weighted by Gasteiger charge is 2.52. The fourth-order valence-corrected chi connectivity index (χ4v) is 5.14. The molecule has 1 aliphatic heterocycles. The van der Waals surface area contributed by atoms with Crippen molar-refractivity contribution < 1.29 is 9.31 Å². The third-order valence-electron chi connectivity index (χ3n) is 7.26. The van der Waals surface area contributed by atoms with Gasteiger partial charge in [-0.2, -0.15) is 0 Å². The molecule has 0 atom stereocenters. The minimum atomic E-state index is -0.375. The maximum Gasteiger partial charge on any atom is 0.496 e. The topological polar surface area (TPSA) is 31.4 Å². The van der Waals surface area contributed by atoms with Gasteiger partial charge in [0.05, 0.1) is 16.9 Å². The van der Waals surface area contributed by atoms with E-state index in [-0.39, 0.29) is 29.2 Å². The van der Waals surface area contributed by atoms with Crippen molar-refractivity contribution in [2.24, 2.45) is 0 Å². The molecule has 0 unspecified atom stereocenters. The van der Waals surface area contributed by atoms with Crippen molar-refractivity contribution in [3.63, 3.8) is 0 Å². The Bertz CT molecular complexity index is 959. The van der Waals surface area contributed by atoms with Gasteiger partial charge in [-0.1, -0.05) is 45.9 Å². The molecule has 1 saturated heterocycles. The summed E-state index contributed by atoms with van der Waals surface area (Å²) in [4.78, 5) is 4.84. The number of rotatable bonds is 2. The Kier molecular flexibility index (Phi) is 4.40. The first kappa shape index (κ1) is 20.6. The molecule has 1 aromatic heterocycles. The predicted molar refractivity (Wildman–Crippen MR) is 121 cm³/mol. The molecule has 1 aliphatic carbocycles. The van der Waals surface area contributed by atoms with E-state index in [0.717, 1.165) is 16.7 Å². The molecule has 1 fully saturated rings. The Balaban J connectivity index is 1.69. The van der Waals surface area contributed by atoms with E-state index >= 15 is 0 Å². The van der Waals surface area contributed by atoms with Crippen molar-refractivity contribution in [2.75, 3.05) is 0 Å². The van der Waals surface area contributed by atoms with Crippen LogP contribution < -0.4 is 5.46 Å². The van der Waals surface area contributed by atoms with Crippen LogP contribution in [0.2, 0.25) is 0 Å². The molecule has 4 heteroatoms. The summed E-state index contributed by atoms with van der Waals surface area (Å²) in [5.41, 5.74) is 6.99. The monoisotopic (exact) mass is 391 g/mol. The van der Waals surface area contributed by atoms with Crippen molar-refractivity contribution in [1.82, 2.24) is 4.98 Å². The van der Waals surface area contributed by atoms with E-state index in [1.165, 1.54) is 23.1 Å². The van der Waals surface area contributed by atoms with Crippen LogP contribution in [0.25, 0.3) is 11.3 Å². The van der Waals surface area contributed by atoms with E-state index in [1.54, 1.807) is 0 Å². The highest BCUT2D eigenvalue weighted by atomic mass is 16.7. The molecule has 0 spiro atoms. The van der Waals surface area contributed by atoms with E-state index < -0.39 is 0 Å². The van der Waals surface area contributed by atoms with Gasteiger partial charge in [-0.05, 0) is 74.6 Å². The standard InChI is InChI=1S/C25H34BNO2/c1-16-12-18(26-28-24(6,7)25(8,9)29-26)14-27-21(16)17-10-11-19-20(13-17)23(4,5)15-22(19,2)3/h10-14H,15H2,1-9H3. The lowest BCUT2D eigenvalue weighted by Gasteiger charge is -2.32. The quantitative estimate of drug-likeness (QED) is 0.650. The summed E-state index contributed by atoms with van der Waals surface area (Å²) in [7, 11) is -0.375. The summed E-state index contributed by atoms with van der Waals surface area (Å²) in [5, 5.41) is 0. The van der Waals surface area contributed by atoms with Crippen molar-refractivity contribution in [3.8, 4) is 11.3 Å². The zero-order valence-electron chi connectivity index (χ0n) is 19.4. The molecule has 2 heterocycles. The number of pyridine rings is 1. The normalized spacial score (nSPS) is 23.3. The number of nitrogens with zero attached hydrogens (tertiary/aromatic N) is 1. The summed E-state index contributed by atoms with van der Waals surface area (Å²) in [6.07, 6.45) is 3.08. The zero-order valence-corrected chi connectivity index (χ0v) is 19.4. The summed E-state index contributed by atoms with van der Waals surface area (Å²) in [6.45, 7) is 19.8. The second-order valence-electron chi connectivity index (χ2n) is 11.2. The van der Waals surface area contributed by atoms with Gasteiger partial charge in [0.25, 0.3) is 0 Å². The molecular formula is C25H34BNO2. The van der Waals surface area contributed by atoms with E-state index in [2.05, 4.69) is 86.6 Å². The van der Waals surface area contributed by atoms with Crippen molar-refractivity contribution in [2.45, 2.75) is 90.8 Å². The van der Waals surface area contributed by atoms with Gasteiger partial charge in [-0.3, -0.25) is 4.98 Å². The Morgan fingerprint density at radius 1 is 0.828 bits per heavy atom. The number of benzene rings is 1. The van der Waals surface area contributed by atoms with Gasteiger partial charge in [0.2, 0.25) is 0 Å². The molecule has 0 N–H and O–H groups in total. The Labute approximate surface area is 176 Å². The summed E-state index contributed by atoms with van der Waals surface area (Å²) in [5.74, 6) is 0. The minimum Gasteiger partial charge on any atom is -0.399 e. The third kappa shape index (κ3) is 3.25. The van der Waals surface area contributed by atoms with E-state index in [0.29, 0.717) is 0 Å². The maximum absolute atomic E-state index is 6.20. The molecule has 29 heavy (non-hydrogen) atoms. The van der Waals surface area contributed by atoms with Gasteiger partial charge in [0.1, 0.15) is 0 Å². The first-order valence-corrected chi connectivity index (χ1v) is 10.7. The van der Waals surface area contributed by atoms with Crippen molar-refractivity contribution >= 4 is 12.6 Å². The highest BCUT2D eigenvalue weighted by molar-refractivity contribution is 6.62. The Morgan fingerprint density at radius 3 is 2.00 bits per heavy atom. The molecule has 0 bridgehead atoms. The lowest BCUT2D eigenvalue weighted by molar-refractivity contribution is 0.00578. The molecule has 0 radical (unpaired) electrons. The second-order valence-corrected chi connectivity index (χ2v) is 11.2. The van der Waals surface area contributed by atoms with E-state index in [4.69, 9.17) is 14.3 Å². The van der Waals surface area contributed by atoms with Crippen molar-refractivity contribution in [3.05, 3.63) is 47.2 Å². The number of hydrogen-bond acceptors (Lipinski definition) is 3. The fourth-order valence-electron chi connectivity index (χ4n) is 5.14. The van der Waals surface area contributed by atoms with Crippen molar-refractivity contribution in [1.29, 1.82) is 0 Å². The summed E-state index contributed by atoms with van der Waals surface area (Å²) < 4.78 is 12.4. The average Bonchev–Trinajstić information content (AvgIpc) is 2.92. The molecular weight excluding hydrogens is 357 g/mol. The fraction of sp³-hybridized carbons (Fsp3) is 0.560. The molecule has 3 nitrogen and oxygen atoms in total. The zero-order chi connectivity index (χ0) is 21.4. The van der Waals surface area contributed by atoms with Gasteiger partial charge >= 0.3 is 7.12 Å². The molecule has 2 aromatic rings. The number of fused-ring (bicyclic) bond motifs is 1. The minimum absolute atomic E-state index is 0.186. The molecule has 0 amide bonds. The first-order valence-electron chi connectivity index (χ1n) is 10.7. The third-order valence-corrected chi connectivity index (χ3v) is 7.26. The van der Waals surface area contributed by atoms with Crippen LogP contribution in [0, 0.1) is 6.92 Å². The largest absolute Gasteiger partial charge is 0.496 e. The van der Waals surface area contributed by atoms with Gasteiger partial charge in [0, 0.05) is 17.2 Å². The van der Waals surface area contributed by atoms with Crippen LogP contribution in [0.3, 0.4) is 0 Å². The summed E-state index contributed by atoms with van der Waals surface area (Å²) in [6, 6.07) is 9.05. The van der Waals surface area contributed by atoms with Crippen LogP contribution in [0.5, 0.6) is 0 Å². The van der Waals surface area contributed by atoms with Crippen LogP contribution in [-0.4, -0.2) is 23.3 Å². The SMILES string of the molecule is Cc1cc(B2OC(C)(C)C(C)(C)O2)cnc1-c1ccc2c(c1)C(C)(C)CC2(C)C. The van der Waals surface area contributed by atoms with E-state index in [9.17, 15) is 0 Å². The summed E-state index contributed by atoms with van der Waals surface area (Å²) >= 11 is 0.